The van der Waals surface area contributed by atoms with Crippen molar-refractivity contribution >= 4 is 47.0 Å². The summed E-state index contributed by atoms with van der Waals surface area (Å²) < 4.78 is 0. The van der Waals surface area contributed by atoms with Crippen LogP contribution < -0.4 is 0 Å². The molecule has 1 fully saturated rings. The summed E-state index contributed by atoms with van der Waals surface area (Å²) >= 11 is 8.85. The quantitative estimate of drug-likeness (QED) is 0.0605. The van der Waals surface area contributed by atoms with Crippen LogP contribution in [-0.4, -0.2) is 95.1 Å². The molecule has 2 nitrogen and oxygen atoms in total. The van der Waals surface area contributed by atoms with Gasteiger partial charge in [0.1, 0.15) is 0 Å². The Hall–Kier alpha value is 1.32. The monoisotopic (exact) mass is 817 g/mol. The lowest BCUT2D eigenvalue weighted by molar-refractivity contribution is 0.299. The molecule has 318 valence electrons. The van der Waals surface area contributed by atoms with Crippen LogP contribution in [0.5, 0.6) is 0 Å². The Bertz CT molecular complexity index is 648. The molecule has 0 aromatic carbocycles. The van der Waals surface area contributed by atoms with E-state index in [0.29, 0.717) is 0 Å². The highest BCUT2D eigenvalue weighted by atomic mass is 32.2. The van der Waals surface area contributed by atoms with Gasteiger partial charge in [-0.3, -0.25) is 0 Å². The second kappa shape index (κ2) is 46.0. The van der Waals surface area contributed by atoms with E-state index in [1.54, 1.807) is 0 Å². The van der Waals surface area contributed by atoms with E-state index in [1.807, 2.05) is 0 Å². The SMILES string of the molecule is CCCCCCCCCCCCCCCCCCN1CCSCCSCCN(CCCCCCCCCCCCCCCCC)CCSCCSCC1. The first-order chi connectivity index (χ1) is 26.4. The highest BCUT2D eigenvalue weighted by Gasteiger charge is 2.08. The van der Waals surface area contributed by atoms with Crippen LogP contribution in [0, 0.1) is 0 Å². The number of rotatable bonds is 33. The van der Waals surface area contributed by atoms with Gasteiger partial charge in [-0.25, -0.2) is 0 Å². The van der Waals surface area contributed by atoms with Crippen LogP contribution in [0.15, 0.2) is 0 Å². The minimum absolute atomic E-state index is 1.30. The zero-order valence-electron chi connectivity index (χ0n) is 36.3. The fourth-order valence-electron chi connectivity index (χ4n) is 7.68. The average Bonchev–Trinajstić information content (AvgIpc) is 3.17. The molecular weight excluding hydrogens is 721 g/mol. The molecule has 1 aliphatic heterocycles. The van der Waals surface area contributed by atoms with Crippen LogP contribution in [0.1, 0.15) is 213 Å². The average molecular weight is 818 g/mol. The molecule has 0 aliphatic carbocycles. The van der Waals surface area contributed by atoms with E-state index in [9.17, 15) is 0 Å². The van der Waals surface area contributed by atoms with Crippen LogP contribution in [0.25, 0.3) is 0 Å². The van der Waals surface area contributed by atoms with Gasteiger partial charge in [0.25, 0.3) is 0 Å². The maximum atomic E-state index is 2.81. The zero-order chi connectivity index (χ0) is 37.8. The van der Waals surface area contributed by atoms with E-state index in [-0.39, 0.29) is 0 Å². The first-order valence-electron chi connectivity index (χ1n) is 24.1. The molecule has 0 saturated carbocycles. The van der Waals surface area contributed by atoms with Crippen molar-refractivity contribution in [2.24, 2.45) is 0 Å². The number of hydrogen-bond acceptors (Lipinski definition) is 6. The molecule has 0 atom stereocenters. The first kappa shape index (κ1) is 52.3. The van der Waals surface area contributed by atoms with E-state index < -0.39 is 0 Å². The summed E-state index contributed by atoms with van der Waals surface area (Å²) in [6.07, 6.45) is 45.2. The minimum atomic E-state index is 1.30. The summed E-state index contributed by atoms with van der Waals surface area (Å²) in [6.45, 7) is 12.5. The van der Waals surface area contributed by atoms with E-state index in [4.69, 9.17) is 0 Å². The number of thioether (sulfide) groups is 4. The third-order valence-corrected chi connectivity index (χ3v) is 15.7. The standard InChI is InChI=1S/C47H96N2S4/c1-3-5-7-9-11-13-15-17-19-21-23-25-27-29-31-33-35-49-38-42-52-46-44-50-40-36-48(37-41-51-45-47-53-43-39-49)34-32-30-28-26-24-22-20-18-16-14-12-10-8-6-4-2/h3-47H2,1-2H3. The Labute approximate surface area is 353 Å². The molecule has 0 spiro atoms. The Morgan fingerprint density at radius 1 is 0.245 bits per heavy atom. The molecule has 1 saturated heterocycles. The van der Waals surface area contributed by atoms with Crippen molar-refractivity contribution in [1.82, 2.24) is 9.80 Å². The van der Waals surface area contributed by atoms with Crippen LogP contribution in [0.2, 0.25) is 0 Å². The summed E-state index contributed by atoms with van der Waals surface area (Å²) in [7, 11) is 0. The highest BCUT2D eigenvalue weighted by molar-refractivity contribution is 8.03. The molecule has 0 aromatic rings. The van der Waals surface area contributed by atoms with Gasteiger partial charge in [-0.05, 0) is 25.9 Å². The van der Waals surface area contributed by atoms with Crippen LogP contribution >= 0.6 is 47.0 Å². The Morgan fingerprint density at radius 2 is 0.434 bits per heavy atom. The molecule has 6 heteroatoms. The largest absolute Gasteiger partial charge is 0.302 e. The molecule has 1 aliphatic rings. The molecule has 0 aromatic heterocycles. The maximum Gasteiger partial charge on any atom is 0.00727 e. The van der Waals surface area contributed by atoms with Crippen molar-refractivity contribution in [2.45, 2.75) is 213 Å². The second-order valence-electron chi connectivity index (χ2n) is 16.4. The molecule has 1 heterocycles. The van der Waals surface area contributed by atoms with Crippen LogP contribution in [0.4, 0.5) is 0 Å². The zero-order valence-corrected chi connectivity index (χ0v) is 39.6. The maximum absolute atomic E-state index is 2.81. The predicted octanol–water partition coefficient (Wildman–Crippen LogP) is 15.7. The van der Waals surface area contributed by atoms with E-state index >= 15 is 0 Å². The van der Waals surface area contributed by atoms with Crippen molar-refractivity contribution < 1.29 is 0 Å². The molecule has 53 heavy (non-hydrogen) atoms. The topological polar surface area (TPSA) is 6.48 Å². The van der Waals surface area contributed by atoms with E-state index in [1.165, 1.54) is 284 Å². The van der Waals surface area contributed by atoms with Crippen molar-refractivity contribution in [3.63, 3.8) is 0 Å². The highest BCUT2D eigenvalue weighted by Crippen LogP contribution is 2.17. The van der Waals surface area contributed by atoms with Crippen molar-refractivity contribution in [3.8, 4) is 0 Å². The van der Waals surface area contributed by atoms with E-state index in [0.717, 1.165) is 0 Å². The van der Waals surface area contributed by atoms with Crippen molar-refractivity contribution in [2.75, 3.05) is 85.3 Å². The number of hydrogen-bond donors (Lipinski definition) is 0. The molecule has 1 rings (SSSR count). The van der Waals surface area contributed by atoms with Gasteiger partial charge in [-0.2, -0.15) is 47.0 Å². The molecule has 0 bridgehead atoms. The summed E-state index contributed by atoms with van der Waals surface area (Å²) in [6, 6.07) is 0. The lowest BCUT2D eigenvalue weighted by Crippen LogP contribution is -2.30. The third kappa shape index (κ3) is 41.3. The molecule has 0 unspecified atom stereocenters. The summed E-state index contributed by atoms with van der Waals surface area (Å²) in [5.74, 6) is 10.6. The molecule has 0 amide bonds. The molecule has 0 radical (unpaired) electrons. The lowest BCUT2D eigenvalue weighted by atomic mass is 10.0. The molecular formula is C47H96N2S4. The first-order valence-corrected chi connectivity index (χ1v) is 28.7. The van der Waals surface area contributed by atoms with Gasteiger partial charge in [-0.1, -0.05) is 200 Å². The van der Waals surface area contributed by atoms with Gasteiger partial charge in [0.05, 0.1) is 0 Å². The van der Waals surface area contributed by atoms with Crippen molar-refractivity contribution in [3.05, 3.63) is 0 Å². The summed E-state index contributed by atoms with van der Waals surface area (Å²) in [5.41, 5.74) is 0. The Morgan fingerprint density at radius 3 is 0.642 bits per heavy atom. The normalized spacial score (nSPS) is 16.9. The minimum Gasteiger partial charge on any atom is -0.302 e. The predicted molar refractivity (Wildman–Crippen MR) is 257 cm³/mol. The van der Waals surface area contributed by atoms with Crippen molar-refractivity contribution in [1.29, 1.82) is 0 Å². The Kier molecular flexibility index (Phi) is 45.4. The summed E-state index contributed by atoms with van der Waals surface area (Å²) in [5, 5.41) is 0. The van der Waals surface area contributed by atoms with Gasteiger partial charge in [-0.15, -0.1) is 0 Å². The van der Waals surface area contributed by atoms with E-state index in [2.05, 4.69) is 70.7 Å². The van der Waals surface area contributed by atoms with Crippen LogP contribution in [-0.2, 0) is 0 Å². The smallest absolute Gasteiger partial charge is 0.00727 e. The van der Waals surface area contributed by atoms with Gasteiger partial charge in [0.2, 0.25) is 0 Å². The fourth-order valence-corrected chi connectivity index (χ4v) is 11.9. The molecule has 0 N–H and O–H groups in total. The van der Waals surface area contributed by atoms with Gasteiger partial charge < -0.3 is 9.80 Å². The summed E-state index contributed by atoms with van der Waals surface area (Å²) in [4.78, 5) is 5.62. The lowest BCUT2D eigenvalue weighted by Gasteiger charge is -2.23. The number of nitrogens with zero attached hydrogens (tertiary/aromatic N) is 2. The van der Waals surface area contributed by atoms with Gasteiger partial charge >= 0.3 is 0 Å². The number of unbranched alkanes of at least 4 members (excludes halogenated alkanes) is 29. The van der Waals surface area contributed by atoms with Crippen LogP contribution in [0.3, 0.4) is 0 Å². The Balaban J connectivity index is 2.04. The van der Waals surface area contributed by atoms with Gasteiger partial charge in [0, 0.05) is 72.2 Å². The third-order valence-electron chi connectivity index (χ3n) is 11.4. The second-order valence-corrected chi connectivity index (χ2v) is 21.3. The van der Waals surface area contributed by atoms with Gasteiger partial charge in [0.15, 0.2) is 0 Å². The fraction of sp³-hybridized carbons (Fsp3) is 1.00.